The molecule has 1 amide bonds. The second-order valence-electron chi connectivity index (χ2n) is 4.85. The third kappa shape index (κ3) is 2.53. The first-order chi connectivity index (χ1) is 9.76. The lowest BCUT2D eigenvalue weighted by Crippen LogP contribution is -2.29. The standard InChI is InChI=1S/C15H16N2O3/c16-17-15(18)12-7-14(19-8-12)9-20-13-5-4-10-2-1-3-11(10)6-13/h4-8H,1-3,9,16H2,(H,17,18). The number of hydrogen-bond acceptors (Lipinski definition) is 4. The summed E-state index contributed by atoms with van der Waals surface area (Å²) >= 11 is 0. The predicted molar refractivity (Wildman–Crippen MR) is 73.2 cm³/mol. The van der Waals surface area contributed by atoms with Crippen molar-refractivity contribution in [3.05, 3.63) is 53.0 Å². The lowest BCUT2D eigenvalue weighted by molar-refractivity contribution is 0.0953. The van der Waals surface area contributed by atoms with Gasteiger partial charge in [0.1, 0.15) is 24.4 Å². The Balaban J connectivity index is 1.64. The highest BCUT2D eigenvalue weighted by Gasteiger charge is 2.12. The largest absolute Gasteiger partial charge is 0.486 e. The minimum absolute atomic E-state index is 0.288. The molecule has 1 aliphatic rings. The Bertz CT molecular complexity index is 634. The molecule has 1 heterocycles. The highest BCUT2D eigenvalue weighted by molar-refractivity contribution is 5.93. The second-order valence-corrected chi connectivity index (χ2v) is 4.85. The van der Waals surface area contributed by atoms with Crippen molar-refractivity contribution < 1.29 is 13.9 Å². The van der Waals surface area contributed by atoms with E-state index in [1.54, 1.807) is 6.07 Å². The third-order valence-electron chi connectivity index (χ3n) is 3.50. The minimum Gasteiger partial charge on any atom is -0.486 e. The van der Waals surface area contributed by atoms with Crippen LogP contribution < -0.4 is 16.0 Å². The zero-order valence-corrected chi connectivity index (χ0v) is 11.0. The first-order valence-corrected chi connectivity index (χ1v) is 6.59. The summed E-state index contributed by atoms with van der Waals surface area (Å²) in [6.07, 6.45) is 4.86. The summed E-state index contributed by atoms with van der Waals surface area (Å²) in [6.45, 7) is 0.288. The van der Waals surface area contributed by atoms with Crippen LogP contribution in [0.5, 0.6) is 5.75 Å². The molecule has 3 rings (SSSR count). The number of benzene rings is 1. The van der Waals surface area contributed by atoms with Crippen LogP contribution in [0.25, 0.3) is 0 Å². The molecule has 2 aromatic rings. The van der Waals surface area contributed by atoms with Crippen molar-refractivity contribution in [3.8, 4) is 5.75 Å². The number of nitrogen functional groups attached to an aromatic ring is 1. The van der Waals surface area contributed by atoms with Crippen LogP contribution in [-0.2, 0) is 19.4 Å². The Morgan fingerprint density at radius 1 is 1.30 bits per heavy atom. The minimum atomic E-state index is -0.377. The van der Waals surface area contributed by atoms with Gasteiger partial charge in [-0.25, -0.2) is 5.84 Å². The number of aryl methyl sites for hydroxylation is 2. The van der Waals surface area contributed by atoms with E-state index in [-0.39, 0.29) is 12.5 Å². The SMILES string of the molecule is NNC(=O)c1coc(COc2ccc3c(c2)CCC3)c1. The zero-order chi connectivity index (χ0) is 13.9. The second kappa shape index (κ2) is 5.38. The van der Waals surface area contributed by atoms with Crippen molar-refractivity contribution in [1.29, 1.82) is 0 Å². The normalized spacial score (nSPS) is 13.1. The van der Waals surface area contributed by atoms with Crippen LogP contribution in [0, 0.1) is 0 Å². The third-order valence-corrected chi connectivity index (χ3v) is 3.50. The van der Waals surface area contributed by atoms with E-state index in [0.717, 1.165) is 18.6 Å². The van der Waals surface area contributed by atoms with E-state index >= 15 is 0 Å². The number of ether oxygens (including phenoxy) is 1. The summed E-state index contributed by atoms with van der Waals surface area (Å²) in [4.78, 5) is 11.3. The van der Waals surface area contributed by atoms with E-state index in [1.807, 2.05) is 6.07 Å². The number of nitrogens with one attached hydrogen (secondary N) is 1. The maximum atomic E-state index is 11.3. The smallest absolute Gasteiger partial charge is 0.268 e. The van der Waals surface area contributed by atoms with Gasteiger partial charge in [-0.05, 0) is 48.6 Å². The number of carbonyl (C=O) groups is 1. The molecule has 0 radical (unpaired) electrons. The molecule has 1 aliphatic carbocycles. The van der Waals surface area contributed by atoms with Gasteiger partial charge in [-0.3, -0.25) is 10.2 Å². The Labute approximate surface area is 116 Å². The van der Waals surface area contributed by atoms with Crippen LogP contribution in [0.3, 0.4) is 0 Å². The number of hydrogen-bond donors (Lipinski definition) is 2. The summed E-state index contributed by atoms with van der Waals surface area (Å²) < 4.78 is 10.9. The Hall–Kier alpha value is -2.27. The van der Waals surface area contributed by atoms with Gasteiger partial charge < -0.3 is 9.15 Å². The predicted octanol–water partition coefficient (Wildman–Crippen LogP) is 1.95. The van der Waals surface area contributed by atoms with Gasteiger partial charge in [0.2, 0.25) is 0 Å². The average Bonchev–Trinajstić information content (AvgIpc) is 3.12. The summed E-state index contributed by atoms with van der Waals surface area (Å²) in [6, 6.07) is 7.79. The molecule has 104 valence electrons. The fourth-order valence-corrected chi connectivity index (χ4v) is 2.45. The molecule has 0 unspecified atom stereocenters. The van der Waals surface area contributed by atoms with Gasteiger partial charge in [0.25, 0.3) is 5.91 Å². The lowest BCUT2D eigenvalue weighted by atomic mass is 10.1. The van der Waals surface area contributed by atoms with Gasteiger partial charge >= 0.3 is 0 Å². The van der Waals surface area contributed by atoms with E-state index in [1.165, 1.54) is 23.8 Å². The van der Waals surface area contributed by atoms with Crippen LogP contribution >= 0.6 is 0 Å². The maximum Gasteiger partial charge on any atom is 0.268 e. The Kier molecular flexibility index (Phi) is 3.43. The maximum absolute atomic E-state index is 11.3. The van der Waals surface area contributed by atoms with Crippen molar-refractivity contribution >= 4 is 5.91 Å². The van der Waals surface area contributed by atoms with Crippen molar-refractivity contribution in [2.75, 3.05) is 0 Å². The molecule has 0 saturated heterocycles. The molecule has 0 aliphatic heterocycles. The van der Waals surface area contributed by atoms with Gasteiger partial charge in [0.05, 0.1) is 5.56 Å². The number of nitrogens with two attached hydrogens (primary N) is 1. The van der Waals surface area contributed by atoms with E-state index in [0.29, 0.717) is 11.3 Å². The number of carbonyl (C=O) groups excluding carboxylic acids is 1. The monoisotopic (exact) mass is 272 g/mol. The quantitative estimate of drug-likeness (QED) is 0.506. The summed E-state index contributed by atoms with van der Waals surface area (Å²) in [5.74, 6) is 6.09. The van der Waals surface area contributed by atoms with Crippen LogP contribution in [0.4, 0.5) is 0 Å². The molecular formula is C15H16N2O3. The van der Waals surface area contributed by atoms with Crippen molar-refractivity contribution in [2.45, 2.75) is 25.9 Å². The average molecular weight is 272 g/mol. The lowest BCUT2D eigenvalue weighted by Gasteiger charge is -2.06. The van der Waals surface area contributed by atoms with Crippen molar-refractivity contribution in [3.63, 3.8) is 0 Å². The molecule has 3 N–H and O–H groups in total. The number of furan rings is 1. The first kappa shape index (κ1) is 12.7. The van der Waals surface area contributed by atoms with E-state index in [9.17, 15) is 4.79 Å². The van der Waals surface area contributed by atoms with Crippen molar-refractivity contribution in [2.24, 2.45) is 5.84 Å². The fourth-order valence-electron chi connectivity index (χ4n) is 2.45. The molecule has 0 atom stereocenters. The molecule has 0 bridgehead atoms. The molecule has 0 spiro atoms. The molecule has 1 aromatic carbocycles. The van der Waals surface area contributed by atoms with Crippen LogP contribution in [0.1, 0.15) is 33.7 Å². The number of fused-ring (bicyclic) bond motifs is 1. The molecule has 20 heavy (non-hydrogen) atoms. The van der Waals surface area contributed by atoms with E-state index in [4.69, 9.17) is 15.0 Å². The Morgan fingerprint density at radius 3 is 3.00 bits per heavy atom. The number of amides is 1. The molecule has 5 heteroatoms. The highest BCUT2D eigenvalue weighted by atomic mass is 16.5. The summed E-state index contributed by atoms with van der Waals surface area (Å²) in [5, 5.41) is 0. The van der Waals surface area contributed by atoms with Crippen LogP contribution in [-0.4, -0.2) is 5.91 Å². The van der Waals surface area contributed by atoms with Gasteiger partial charge in [0, 0.05) is 0 Å². The zero-order valence-electron chi connectivity index (χ0n) is 11.0. The molecular weight excluding hydrogens is 256 g/mol. The molecule has 0 fully saturated rings. The van der Waals surface area contributed by atoms with Gasteiger partial charge in [-0.1, -0.05) is 6.07 Å². The Morgan fingerprint density at radius 2 is 2.15 bits per heavy atom. The summed E-state index contributed by atoms with van der Waals surface area (Å²) in [5.41, 5.74) is 5.23. The topological polar surface area (TPSA) is 77.5 Å². The molecule has 1 aromatic heterocycles. The first-order valence-electron chi connectivity index (χ1n) is 6.59. The molecule has 0 saturated carbocycles. The fraction of sp³-hybridized carbons (Fsp3) is 0.267. The number of hydrazine groups is 1. The van der Waals surface area contributed by atoms with E-state index < -0.39 is 0 Å². The van der Waals surface area contributed by atoms with Crippen molar-refractivity contribution in [1.82, 2.24) is 5.43 Å². The van der Waals surface area contributed by atoms with Gasteiger partial charge in [-0.15, -0.1) is 0 Å². The van der Waals surface area contributed by atoms with Gasteiger partial charge in [-0.2, -0.15) is 0 Å². The molecule has 5 nitrogen and oxygen atoms in total. The van der Waals surface area contributed by atoms with Crippen LogP contribution in [0.15, 0.2) is 34.9 Å². The van der Waals surface area contributed by atoms with E-state index in [2.05, 4.69) is 17.6 Å². The van der Waals surface area contributed by atoms with Crippen LogP contribution in [0.2, 0.25) is 0 Å². The summed E-state index contributed by atoms with van der Waals surface area (Å²) in [7, 11) is 0. The number of rotatable bonds is 4. The highest BCUT2D eigenvalue weighted by Crippen LogP contribution is 2.26. The van der Waals surface area contributed by atoms with Gasteiger partial charge in [0.15, 0.2) is 0 Å².